The summed E-state index contributed by atoms with van der Waals surface area (Å²) in [5.74, 6) is 0.479. The van der Waals surface area contributed by atoms with E-state index in [0.717, 1.165) is 35.5 Å². The van der Waals surface area contributed by atoms with Crippen LogP contribution in [-0.4, -0.2) is 23.9 Å². The zero-order valence-corrected chi connectivity index (χ0v) is 19.2. The van der Waals surface area contributed by atoms with Crippen LogP contribution in [0.2, 0.25) is 0 Å². The summed E-state index contributed by atoms with van der Waals surface area (Å²) in [4.78, 5) is 29.3. The molecule has 0 unspecified atom stereocenters. The van der Waals surface area contributed by atoms with E-state index in [4.69, 9.17) is 4.74 Å². The van der Waals surface area contributed by atoms with Gasteiger partial charge in [-0.1, -0.05) is 12.1 Å². The van der Waals surface area contributed by atoms with Gasteiger partial charge in [0, 0.05) is 23.4 Å². The molecule has 0 aliphatic heterocycles. The number of aryl methyl sites for hydroxylation is 1. The number of fused-ring (bicyclic) bond motifs is 1. The molecule has 0 aliphatic rings. The van der Waals surface area contributed by atoms with Gasteiger partial charge in [-0.05, 0) is 79.9 Å². The molecule has 3 aromatic carbocycles. The largest absolute Gasteiger partial charge is 0.497 e. The quantitative estimate of drug-likeness (QED) is 0.305. The van der Waals surface area contributed by atoms with Gasteiger partial charge in [0.05, 0.1) is 22.3 Å². The fraction of sp³-hybridized carbons (Fsp3) is 0.192. The van der Waals surface area contributed by atoms with Crippen LogP contribution in [-0.2, 0) is 11.2 Å². The highest BCUT2D eigenvalue weighted by atomic mass is 32.1. The standard InChI is InChI=1S/C26H25N3O3S/c1-32-21-16-14-20(15-17-21)28-26(31)18-10-12-19(13-11-18)27-24(30)8-4-5-9-25-29-22-6-2-3-7-23(22)33-25/h2-3,6-7,10-17H,4-5,8-9H2,1H3,(H,27,30)(H,28,31). The number of unbranched alkanes of at least 4 members (excludes halogenated alkanes) is 1. The Balaban J connectivity index is 1.20. The Morgan fingerprint density at radius 3 is 2.30 bits per heavy atom. The van der Waals surface area contributed by atoms with Crippen molar-refractivity contribution in [1.82, 2.24) is 4.98 Å². The van der Waals surface area contributed by atoms with E-state index in [2.05, 4.69) is 21.7 Å². The van der Waals surface area contributed by atoms with Crippen LogP contribution >= 0.6 is 11.3 Å². The molecule has 0 aliphatic carbocycles. The molecule has 0 spiro atoms. The minimum absolute atomic E-state index is 0.0327. The van der Waals surface area contributed by atoms with Crippen LogP contribution in [0.3, 0.4) is 0 Å². The maximum atomic E-state index is 12.4. The third-order valence-electron chi connectivity index (χ3n) is 5.16. The van der Waals surface area contributed by atoms with Gasteiger partial charge in [0.2, 0.25) is 5.91 Å². The first-order chi connectivity index (χ1) is 16.1. The lowest BCUT2D eigenvalue weighted by Gasteiger charge is -2.08. The molecule has 6 nitrogen and oxygen atoms in total. The number of benzene rings is 3. The Morgan fingerprint density at radius 2 is 1.58 bits per heavy atom. The molecule has 2 N–H and O–H groups in total. The Bertz CT molecular complexity index is 1200. The van der Waals surface area contributed by atoms with Crippen LogP contribution in [0, 0.1) is 0 Å². The summed E-state index contributed by atoms with van der Waals surface area (Å²) in [6, 6.07) is 22.1. The van der Waals surface area contributed by atoms with Crippen LogP contribution in [0.5, 0.6) is 5.75 Å². The minimum atomic E-state index is -0.215. The Morgan fingerprint density at radius 1 is 0.879 bits per heavy atom. The number of hydrogen-bond donors (Lipinski definition) is 2. The third kappa shape index (κ3) is 6.17. The predicted molar refractivity (Wildman–Crippen MR) is 133 cm³/mol. The van der Waals surface area contributed by atoms with Crippen molar-refractivity contribution < 1.29 is 14.3 Å². The number of nitrogens with one attached hydrogen (secondary N) is 2. The SMILES string of the molecule is COc1ccc(NC(=O)c2ccc(NC(=O)CCCCc3nc4ccccc4s3)cc2)cc1. The van der Waals surface area contributed by atoms with Gasteiger partial charge < -0.3 is 15.4 Å². The highest BCUT2D eigenvalue weighted by molar-refractivity contribution is 7.18. The van der Waals surface area contributed by atoms with Crippen molar-refractivity contribution in [3.8, 4) is 5.75 Å². The van der Waals surface area contributed by atoms with E-state index < -0.39 is 0 Å². The van der Waals surface area contributed by atoms with Crippen LogP contribution in [0.25, 0.3) is 10.2 Å². The van der Waals surface area contributed by atoms with Gasteiger partial charge in [0.25, 0.3) is 5.91 Å². The van der Waals surface area contributed by atoms with Crippen molar-refractivity contribution in [3.63, 3.8) is 0 Å². The van der Waals surface area contributed by atoms with Gasteiger partial charge in [-0.3, -0.25) is 9.59 Å². The van der Waals surface area contributed by atoms with Gasteiger partial charge in [-0.2, -0.15) is 0 Å². The van der Waals surface area contributed by atoms with Crippen molar-refractivity contribution in [2.75, 3.05) is 17.7 Å². The topological polar surface area (TPSA) is 80.3 Å². The van der Waals surface area contributed by atoms with Gasteiger partial charge in [-0.25, -0.2) is 4.98 Å². The summed E-state index contributed by atoms with van der Waals surface area (Å²) >= 11 is 1.71. The molecular weight excluding hydrogens is 434 g/mol. The van der Waals surface area contributed by atoms with Gasteiger partial charge in [-0.15, -0.1) is 11.3 Å². The first-order valence-electron chi connectivity index (χ1n) is 10.8. The lowest BCUT2D eigenvalue weighted by molar-refractivity contribution is -0.116. The number of rotatable bonds is 9. The normalized spacial score (nSPS) is 10.7. The second-order valence-corrected chi connectivity index (χ2v) is 8.71. The third-order valence-corrected chi connectivity index (χ3v) is 6.26. The minimum Gasteiger partial charge on any atom is -0.497 e. The van der Waals surface area contributed by atoms with E-state index in [9.17, 15) is 9.59 Å². The van der Waals surface area contributed by atoms with Crippen LogP contribution in [0.15, 0.2) is 72.8 Å². The number of hydrogen-bond acceptors (Lipinski definition) is 5. The number of thiazole rings is 1. The number of anilines is 2. The van der Waals surface area contributed by atoms with Crippen molar-refractivity contribution in [3.05, 3.63) is 83.4 Å². The molecular formula is C26H25N3O3S. The molecule has 0 bridgehead atoms. The van der Waals surface area contributed by atoms with Gasteiger partial charge in [0.15, 0.2) is 0 Å². The summed E-state index contributed by atoms with van der Waals surface area (Å²) < 4.78 is 6.32. The first kappa shape index (κ1) is 22.5. The van der Waals surface area contributed by atoms with Crippen LogP contribution < -0.4 is 15.4 Å². The molecule has 0 radical (unpaired) electrons. The Hall–Kier alpha value is -3.71. The number of para-hydroxylation sites is 1. The lowest BCUT2D eigenvalue weighted by atomic mass is 10.1. The number of carbonyl (C=O) groups is 2. The molecule has 33 heavy (non-hydrogen) atoms. The number of amides is 2. The molecule has 168 valence electrons. The van der Waals surface area contributed by atoms with E-state index >= 15 is 0 Å². The van der Waals surface area contributed by atoms with Gasteiger partial charge >= 0.3 is 0 Å². The van der Waals surface area contributed by atoms with Crippen molar-refractivity contribution in [2.45, 2.75) is 25.7 Å². The molecule has 1 aromatic heterocycles. The summed E-state index contributed by atoms with van der Waals surface area (Å²) in [5, 5.41) is 6.84. The fourth-order valence-electron chi connectivity index (χ4n) is 3.39. The van der Waals surface area contributed by atoms with E-state index in [0.29, 0.717) is 23.4 Å². The first-order valence-corrected chi connectivity index (χ1v) is 11.6. The summed E-state index contributed by atoms with van der Waals surface area (Å²) in [6.45, 7) is 0. The maximum Gasteiger partial charge on any atom is 0.255 e. The summed E-state index contributed by atoms with van der Waals surface area (Å²) in [7, 11) is 1.60. The average molecular weight is 460 g/mol. The molecule has 1 heterocycles. The molecule has 4 aromatic rings. The molecule has 4 rings (SSSR count). The lowest BCUT2D eigenvalue weighted by Crippen LogP contribution is -2.13. The van der Waals surface area contributed by atoms with Crippen molar-refractivity contribution in [1.29, 1.82) is 0 Å². The van der Waals surface area contributed by atoms with E-state index in [1.54, 1.807) is 67.0 Å². The summed E-state index contributed by atoms with van der Waals surface area (Å²) in [6.07, 6.45) is 3.04. The highest BCUT2D eigenvalue weighted by Crippen LogP contribution is 2.23. The molecule has 0 saturated heterocycles. The average Bonchev–Trinajstić information content (AvgIpc) is 3.26. The van der Waals surface area contributed by atoms with E-state index in [-0.39, 0.29) is 11.8 Å². The molecule has 0 fully saturated rings. The van der Waals surface area contributed by atoms with E-state index in [1.807, 2.05) is 18.2 Å². The summed E-state index contributed by atoms with van der Waals surface area (Å²) in [5.41, 5.74) is 2.91. The number of aromatic nitrogens is 1. The highest BCUT2D eigenvalue weighted by Gasteiger charge is 2.08. The second kappa shape index (κ2) is 10.7. The smallest absolute Gasteiger partial charge is 0.255 e. The van der Waals surface area contributed by atoms with Crippen LogP contribution in [0.1, 0.15) is 34.6 Å². The zero-order chi connectivity index (χ0) is 23.0. The second-order valence-electron chi connectivity index (χ2n) is 7.59. The molecule has 2 amide bonds. The molecule has 0 atom stereocenters. The Kier molecular flexibility index (Phi) is 7.32. The molecule has 7 heteroatoms. The van der Waals surface area contributed by atoms with E-state index in [1.165, 1.54) is 4.70 Å². The number of ether oxygens (including phenoxy) is 1. The fourth-order valence-corrected chi connectivity index (χ4v) is 4.40. The number of nitrogens with zero attached hydrogens (tertiary/aromatic N) is 1. The number of methoxy groups -OCH3 is 1. The number of carbonyl (C=O) groups excluding carboxylic acids is 2. The van der Waals surface area contributed by atoms with Gasteiger partial charge in [0.1, 0.15) is 5.75 Å². The maximum absolute atomic E-state index is 12.4. The molecule has 0 saturated carbocycles. The zero-order valence-electron chi connectivity index (χ0n) is 18.3. The van der Waals surface area contributed by atoms with Crippen molar-refractivity contribution >= 4 is 44.7 Å². The van der Waals surface area contributed by atoms with Crippen LogP contribution in [0.4, 0.5) is 11.4 Å². The predicted octanol–water partition coefficient (Wildman–Crippen LogP) is 5.91. The Labute approximate surface area is 196 Å². The van der Waals surface area contributed by atoms with Crippen molar-refractivity contribution in [2.24, 2.45) is 0 Å². The monoisotopic (exact) mass is 459 g/mol.